The molecule has 7 nitrogen and oxygen atoms in total. The molecule has 1 amide bonds. The fourth-order valence-electron chi connectivity index (χ4n) is 4.01. The minimum absolute atomic E-state index is 0.130. The van der Waals surface area contributed by atoms with E-state index in [1.165, 1.54) is 6.26 Å². The summed E-state index contributed by atoms with van der Waals surface area (Å²) in [5, 5.41) is 5.15. The van der Waals surface area contributed by atoms with Gasteiger partial charge in [-0.3, -0.25) is 9.78 Å². The van der Waals surface area contributed by atoms with Gasteiger partial charge in [-0.05, 0) is 41.8 Å². The highest BCUT2D eigenvalue weighted by Gasteiger charge is 2.21. The highest BCUT2D eigenvalue weighted by atomic mass is 16.3. The molecule has 0 aliphatic carbocycles. The molecule has 1 fully saturated rings. The van der Waals surface area contributed by atoms with E-state index in [-0.39, 0.29) is 17.6 Å². The maximum atomic E-state index is 12.9. The number of nitrogens with one attached hydrogen (secondary N) is 1. The smallest absolute Gasteiger partial charge is 0.277 e. The number of anilines is 2. The number of piperidine rings is 1. The molecule has 1 aliphatic rings. The number of nitrogens with zero attached hydrogens (tertiary/aromatic N) is 3. The standard InChI is InChI=1S/C24H23N5O2/c25-19-6-3-11-29(14-19)22-9-10-26-13-20(22)27-23(30)21-15-31-24(28-21)18-8-7-16-4-1-2-5-17(16)12-18/h1-2,4-5,7-10,12-13,15,19H,3,6,11,14,25H2,(H,27,30)/t19-/m0/s1. The Hall–Kier alpha value is -3.71. The van der Waals surface area contributed by atoms with Crippen molar-refractivity contribution in [2.24, 2.45) is 5.73 Å². The third-order valence-corrected chi connectivity index (χ3v) is 5.58. The third-order valence-electron chi connectivity index (χ3n) is 5.58. The first-order chi connectivity index (χ1) is 15.2. The van der Waals surface area contributed by atoms with Gasteiger partial charge in [-0.25, -0.2) is 4.98 Å². The fourth-order valence-corrected chi connectivity index (χ4v) is 4.01. The first-order valence-corrected chi connectivity index (χ1v) is 10.4. The van der Waals surface area contributed by atoms with E-state index in [1.807, 2.05) is 48.5 Å². The summed E-state index contributed by atoms with van der Waals surface area (Å²) in [4.78, 5) is 23.6. The highest BCUT2D eigenvalue weighted by molar-refractivity contribution is 6.04. The molecule has 1 atom stereocenters. The van der Waals surface area contributed by atoms with Gasteiger partial charge in [-0.2, -0.15) is 0 Å². The molecular weight excluding hydrogens is 390 g/mol. The zero-order chi connectivity index (χ0) is 21.2. The number of carbonyl (C=O) groups is 1. The molecule has 1 saturated heterocycles. The number of hydrogen-bond acceptors (Lipinski definition) is 6. The molecule has 2 aromatic heterocycles. The first kappa shape index (κ1) is 19.3. The summed E-state index contributed by atoms with van der Waals surface area (Å²) in [7, 11) is 0. The Morgan fingerprint density at radius 2 is 2.03 bits per heavy atom. The van der Waals surface area contributed by atoms with Crippen LogP contribution in [0, 0.1) is 0 Å². The van der Waals surface area contributed by atoms with Crippen LogP contribution in [0.2, 0.25) is 0 Å². The monoisotopic (exact) mass is 413 g/mol. The van der Waals surface area contributed by atoms with Crippen molar-refractivity contribution < 1.29 is 9.21 Å². The van der Waals surface area contributed by atoms with Gasteiger partial charge in [-0.1, -0.05) is 30.3 Å². The Morgan fingerprint density at radius 1 is 1.16 bits per heavy atom. The number of oxazole rings is 1. The summed E-state index contributed by atoms with van der Waals surface area (Å²) in [6.07, 6.45) is 6.79. The van der Waals surface area contributed by atoms with Crippen molar-refractivity contribution in [2.75, 3.05) is 23.3 Å². The van der Waals surface area contributed by atoms with E-state index in [9.17, 15) is 4.79 Å². The third kappa shape index (κ3) is 4.00. The van der Waals surface area contributed by atoms with Crippen LogP contribution in [0.3, 0.4) is 0 Å². The molecule has 0 bridgehead atoms. The molecule has 4 aromatic rings. The van der Waals surface area contributed by atoms with Gasteiger partial charge in [0.1, 0.15) is 6.26 Å². The summed E-state index contributed by atoms with van der Waals surface area (Å²) >= 11 is 0. The number of hydrogen-bond donors (Lipinski definition) is 2. The molecule has 5 rings (SSSR count). The second kappa shape index (κ2) is 8.20. The van der Waals surface area contributed by atoms with Gasteiger partial charge in [0, 0.05) is 30.9 Å². The van der Waals surface area contributed by atoms with Crippen LogP contribution in [0.15, 0.2) is 71.6 Å². The Kier molecular flexibility index (Phi) is 5.09. The van der Waals surface area contributed by atoms with E-state index < -0.39 is 0 Å². The van der Waals surface area contributed by atoms with Crippen LogP contribution in [0.4, 0.5) is 11.4 Å². The van der Waals surface area contributed by atoms with Gasteiger partial charge in [0.25, 0.3) is 5.91 Å². The van der Waals surface area contributed by atoms with Crippen molar-refractivity contribution in [2.45, 2.75) is 18.9 Å². The van der Waals surface area contributed by atoms with Gasteiger partial charge in [-0.15, -0.1) is 0 Å². The number of carbonyl (C=O) groups excluding carboxylic acids is 1. The summed E-state index contributed by atoms with van der Waals surface area (Å²) in [5.41, 5.74) is 8.72. The predicted molar refractivity (Wildman–Crippen MR) is 121 cm³/mol. The van der Waals surface area contributed by atoms with E-state index in [1.54, 1.807) is 12.4 Å². The van der Waals surface area contributed by atoms with Crippen LogP contribution >= 0.6 is 0 Å². The van der Waals surface area contributed by atoms with Crippen molar-refractivity contribution >= 4 is 28.1 Å². The molecule has 2 aromatic carbocycles. The van der Waals surface area contributed by atoms with Crippen molar-refractivity contribution in [3.63, 3.8) is 0 Å². The van der Waals surface area contributed by atoms with E-state index in [0.29, 0.717) is 11.6 Å². The lowest BCUT2D eigenvalue weighted by Gasteiger charge is -2.33. The molecule has 3 heterocycles. The molecule has 3 N–H and O–H groups in total. The Morgan fingerprint density at radius 3 is 2.90 bits per heavy atom. The molecular formula is C24H23N5O2. The maximum absolute atomic E-state index is 12.9. The summed E-state index contributed by atoms with van der Waals surface area (Å²) in [6.45, 7) is 1.65. The topological polar surface area (TPSA) is 97.3 Å². The minimum Gasteiger partial charge on any atom is -0.444 e. The van der Waals surface area contributed by atoms with E-state index in [2.05, 4.69) is 20.2 Å². The van der Waals surface area contributed by atoms with E-state index >= 15 is 0 Å². The van der Waals surface area contributed by atoms with Gasteiger partial charge in [0.15, 0.2) is 5.69 Å². The second-order valence-corrected chi connectivity index (χ2v) is 7.80. The SMILES string of the molecule is N[C@H]1CCCN(c2ccncc2NC(=O)c2coc(-c3ccc4ccccc4c3)n2)C1. The summed E-state index contributed by atoms with van der Waals surface area (Å²) in [5.74, 6) is 0.0654. The van der Waals surface area contributed by atoms with Crippen LogP contribution in [-0.4, -0.2) is 35.0 Å². The molecule has 0 saturated carbocycles. The van der Waals surface area contributed by atoms with E-state index in [0.717, 1.165) is 48.0 Å². The zero-order valence-corrected chi connectivity index (χ0v) is 17.0. The lowest BCUT2D eigenvalue weighted by Crippen LogP contribution is -2.43. The van der Waals surface area contributed by atoms with Crippen LogP contribution in [-0.2, 0) is 0 Å². The van der Waals surface area contributed by atoms with Crippen LogP contribution < -0.4 is 16.0 Å². The predicted octanol–water partition coefficient (Wildman–Crippen LogP) is 4.07. The molecule has 0 radical (unpaired) electrons. The number of rotatable bonds is 4. The number of fused-ring (bicyclic) bond motifs is 1. The largest absolute Gasteiger partial charge is 0.444 e. The Labute approximate surface area is 179 Å². The van der Waals surface area contributed by atoms with Crippen LogP contribution in [0.25, 0.3) is 22.2 Å². The summed E-state index contributed by atoms with van der Waals surface area (Å²) < 4.78 is 5.60. The maximum Gasteiger partial charge on any atom is 0.277 e. The zero-order valence-electron chi connectivity index (χ0n) is 17.0. The number of amides is 1. The van der Waals surface area contributed by atoms with Gasteiger partial charge in [0.2, 0.25) is 5.89 Å². The van der Waals surface area contributed by atoms with Crippen molar-refractivity contribution in [1.29, 1.82) is 0 Å². The molecule has 0 unspecified atom stereocenters. The van der Waals surface area contributed by atoms with Gasteiger partial charge < -0.3 is 20.4 Å². The molecule has 0 spiro atoms. The van der Waals surface area contributed by atoms with E-state index in [4.69, 9.17) is 10.2 Å². The van der Waals surface area contributed by atoms with Gasteiger partial charge >= 0.3 is 0 Å². The minimum atomic E-state index is -0.341. The van der Waals surface area contributed by atoms with Crippen molar-refractivity contribution in [1.82, 2.24) is 9.97 Å². The lowest BCUT2D eigenvalue weighted by atomic mass is 10.1. The number of aromatic nitrogens is 2. The molecule has 1 aliphatic heterocycles. The highest BCUT2D eigenvalue weighted by Crippen LogP contribution is 2.28. The molecule has 31 heavy (non-hydrogen) atoms. The quantitative estimate of drug-likeness (QED) is 0.523. The second-order valence-electron chi connectivity index (χ2n) is 7.80. The molecule has 7 heteroatoms. The fraction of sp³-hybridized carbons (Fsp3) is 0.208. The Bertz CT molecular complexity index is 1240. The average Bonchev–Trinajstić information content (AvgIpc) is 3.30. The first-order valence-electron chi connectivity index (χ1n) is 10.4. The lowest BCUT2D eigenvalue weighted by molar-refractivity contribution is 0.102. The van der Waals surface area contributed by atoms with Crippen molar-refractivity contribution in [3.05, 3.63) is 72.9 Å². The summed E-state index contributed by atoms with van der Waals surface area (Å²) in [6, 6.07) is 16.1. The van der Waals surface area contributed by atoms with Crippen LogP contribution in [0.1, 0.15) is 23.3 Å². The van der Waals surface area contributed by atoms with Crippen molar-refractivity contribution in [3.8, 4) is 11.5 Å². The number of pyridine rings is 1. The molecule has 156 valence electrons. The number of benzene rings is 2. The number of nitrogens with two attached hydrogens (primary N) is 1. The average molecular weight is 413 g/mol. The van der Waals surface area contributed by atoms with Gasteiger partial charge in [0.05, 0.1) is 17.6 Å². The normalized spacial score (nSPS) is 16.4. The van der Waals surface area contributed by atoms with Crippen LogP contribution in [0.5, 0.6) is 0 Å². The Balaban J connectivity index is 1.37.